The highest BCUT2D eigenvalue weighted by atomic mass is 16.7. The second-order valence-corrected chi connectivity index (χ2v) is 8.40. The minimum absolute atomic E-state index is 0.149. The zero-order chi connectivity index (χ0) is 29.8. The summed E-state index contributed by atoms with van der Waals surface area (Å²) in [6.45, 7) is 1.82. The summed E-state index contributed by atoms with van der Waals surface area (Å²) < 4.78 is 21.4. The van der Waals surface area contributed by atoms with Gasteiger partial charge in [-0.25, -0.2) is 15.1 Å². The molecule has 0 bridgehead atoms. The van der Waals surface area contributed by atoms with E-state index in [1.807, 2.05) is 0 Å². The molecule has 0 aliphatic carbocycles. The van der Waals surface area contributed by atoms with E-state index in [0.29, 0.717) is 51.8 Å². The normalized spacial score (nSPS) is 12.2. The molecule has 216 valence electrons. The molecular weight excluding hydrogens is 524 g/mol. The summed E-state index contributed by atoms with van der Waals surface area (Å²) in [4.78, 5) is 40.0. The lowest BCUT2D eigenvalue weighted by molar-refractivity contribution is -0.525. The second-order valence-electron chi connectivity index (χ2n) is 8.40. The van der Waals surface area contributed by atoms with Crippen molar-refractivity contribution in [1.82, 2.24) is 5.43 Å². The van der Waals surface area contributed by atoms with Gasteiger partial charge in [0.1, 0.15) is 5.75 Å². The number of ketones is 1. The SMILES string of the molecule is COc1ccc(C=C(C)C(=O)c2cc(OC)c(OC)c(OC)c2)cc1NC(=O)[C@@H](N)CCCN=C(N)N[N+](=O)[O-]. The number of nitro groups is 1. The molecule has 0 spiro atoms. The monoisotopic (exact) mass is 558 g/mol. The third-order valence-corrected chi connectivity index (χ3v) is 5.65. The molecule has 14 nitrogen and oxygen atoms in total. The minimum atomic E-state index is -0.882. The number of nitrogens with zero attached hydrogens (tertiary/aromatic N) is 2. The number of amides is 1. The lowest BCUT2D eigenvalue weighted by atomic mass is 10.0. The average molecular weight is 559 g/mol. The first-order valence-electron chi connectivity index (χ1n) is 12.0. The smallest absolute Gasteiger partial charge is 0.251 e. The Hall–Kier alpha value is -4.85. The number of Topliss-reactive ketones (excluding diaryl/α,β-unsaturated/α-hetero) is 1. The number of nitrogens with two attached hydrogens (primary N) is 2. The first kappa shape index (κ1) is 31.4. The molecule has 14 heteroatoms. The predicted octanol–water partition coefficient (Wildman–Crippen LogP) is 2.15. The fraction of sp³-hybridized carbons (Fsp3) is 0.346. The number of hydrogen-bond donors (Lipinski definition) is 4. The van der Waals surface area contributed by atoms with Crippen LogP contribution < -0.4 is 41.2 Å². The molecule has 2 aromatic carbocycles. The van der Waals surface area contributed by atoms with Gasteiger partial charge >= 0.3 is 0 Å². The summed E-state index contributed by atoms with van der Waals surface area (Å²) in [6.07, 6.45) is 2.30. The van der Waals surface area contributed by atoms with E-state index < -0.39 is 17.0 Å². The maximum atomic E-state index is 13.2. The number of hydrazine groups is 1. The van der Waals surface area contributed by atoms with Gasteiger partial charge in [0.05, 0.1) is 40.2 Å². The number of carbonyl (C=O) groups excluding carboxylic acids is 2. The summed E-state index contributed by atoms with van der Waals surface area (Å²) in [5.74, 6) is 0.413. The number of anilines is 1. The summed E-state index contributed by atoms with van der Waals surface area (Å²) in [5, 5.41) is 12.3. The first-order chi connectivity index (χ1) is 19.0. The largest absolute Gasteiger partial charge is 0.495 e. The van der Waals surface area contributed by atoms with Crippen LogP contribution in [0.15, 0.2) is 40.9 Å². The molecule has 40 heavy (non-hydrogen) atoms. The zero-order valence-corrected chi connectivity index (χ0v) is 23.0. The van der Waals surface area contributed by atoms with Crippen LogP contribution in [0, 0.1) is 10.1 Å². The first-order valence-corrected chi connectivity index (χ1v) is 12.0. The van der Waals surface area contributed by atoms with Crippen molar-refractivity contribution in [3.63, 3.8) is 0 Å². The summed E-state index contributed by atoms with van der Waals surface area (Å²) in [7, 11) is 5.87. The lowest BCUT2D eigenvalue weighted by Gasteiger charge is -2.15. The molecule has 2 rings (SSSR count). The third kappa shape index (κ3) is 8.59. The van der Waals surface area contributed by atoms with Crippen molar-refractivity contribution in [1.29, 1.82) is 0 Å². The van der Waals surface area contributed by atoms with E-state index in [2.05, 4.69) is 10.3 Å². The van der Waals surface area contributed by atoms with Gasteiger partial charge in [-0.05, 0) is 61.2 Å². The van der Waals surface area contributed by atoms with Crippen LogP contribution in [0.1, 0.15) is 35.7 Å². The molecule has 0 aliphatic rings. The van der Waals surface area contributed by atoms with Crippen molar-refractivity contribution in [2.24, 2.45) is 16.5 Å². The van der Waals surface area contributed by atoms with E-state index in [4.69, 9.17) is 30.4 Å². The molecule has 1 amide bonds. The van der Waals surface area contributed by atoms with Crippen LogP contribution in [0.2, 0.25) is 0 Å². The number of nitrogens with one attached hydrogen (secondary N) is 2. The van der Waals surface area contributed by atoms with Gasteiger partial charge in [-0.2, -0.15) is 0 Å². The van der Waals surface area contributed by atoms with Crippen molar-refractivity contribution < 1.29 is 33.6 Å². The summed E-state index contributed by atoms with van der Waals surface area (Å²) in [5.41, 5.74) is 14.8. The Bertz CT molecular complexity index is 1270. The van der Waals surface area contributed by atoms with Crippen LogP contribution in [0.4, 0.5) is 5.69 Å². The molecule has 6 N–H and O–H groups in total. The maximum Gasteiger partial charge on any atom is 0.251 e. The van der Waals surface area contributed by atoms with E-state index in [1.54, 1.807) is 48.8 Å². The third-order valence-electron chi connectivity index (χ3n) is 5.65. The number of guanidine groups is 1. The van der Waals surface area contributed by atoms with Crippen molar-refractivity contribution in [3.05, 3.63) is 57.1 Å². The van der Waals surface area contributed by atoms with Crippen molar-refractivity contribution >= 4 is 29.4 Å². The number of allylic oxidation sites excluding steroid dienone is 1. The molecule has 0 radical (unpaired) electrons. The fourth-order valence-corrected chi connectivity index (χ4v) is 3.66. The van der Waals surface area contributed by atoms with Crippen LogP contribution in [0.3, 0.4) is 0 Å². The minimum Gasteiger partial charge on any atom is -0.495 e. The molecule has 0 aromatic heterocycles. The molecule has 0 saturated carbocycles. The lowest BCUT2D eigenvalue weighted by Crippen LogP contribution is -2.37. The van der Waals surface area contributed by atoms with E-state index in [1.165, 1.54) is 28.4 Å². The Morgan fingerprint density at radius 1 is 1.05 bits per heavy atom. The predicted molar refractivity (Wildman–Crippen MR) is 150 cm³/mol. The van der Waals surface area contributed by atoms with Crippen LogP contribution in [0.25, 0.3) is 6.08 Å². The Labute approximate surface area is 231 Å². The quantitative estimate of drug-likeness (QED) is 0.0503. The Balaban J connectivity index is 2.17. The topological polar surface area (TPSA) is 203 Å². The van der Waals surface area contributed by atoms with Gasteiger partial charge in [0.25, 0.3) is 5.96 Å². The van der Waals surface area contributed by atoms with E-state index in [-0.39, 0.29) is 24.7 Å². The maximum absolute atomic E-state index is 13.2. The van der Waals surface area contributed by atoms with Crippen LogP contribution in [-0.2, 0) is 4.79 Å². The van der Waals surface area contributed by atoms with Gasteiger partial charge in [-0.15, -0.1) is 0 Å². The highest BCUT2D eigenvalue weighted by Crippen LogP contribution is 2.38. The van der Waals surface area contributed by atoms with Crippen molar-refractivity contribution in [2.75, 3.05) is 40.3 Å². The van der Waals surface area contributed by atoms with Crippen molar-refractivity contribution in [2.45, 2.75) is 25.8 Å². The molecule has 0 unspecified atom stereocenters. The number of carbonyl (C=O) groups is 2. The average Bonchev–Trinajstić information content (AvgIpc) is 2.93. The standard InChI is InChI=1S/C26H34N6O8/c1-15(23(33)17-13-21(38-3)24(40-5)22(14-17)39-4)11-16-8-9-20(37-2)19(12-16)30-25(34)18(27)7-6-10-29-26(28)31-32(35)36/h8-9,11-14,18H,6-7,10,27H2,1-5H3,(H,30,34)(H3,28,29,31)/t18-/m0/s1. The molecule has 0 fully saturated rings. The summed E-state index contributed by atoms with van der Waals surface area (Å²) >= 11 is 0. The highest BCUT2D eigenvalue weighted by Gasteiger charge is 2.19. The zero-order valence-electron chi connectivity index (χ0n) is 23.0. The van der Waals surface area contributed by atoms with Crippen LogP contribution in [0.5, 0.6) is 23.0 Å². The van der Waals surface area contributed by atoms with Gasteiger partial charge in [0.15, 0.2) is 22.3 Å². The number of ether oxygens (including phenoxy) is 4. The number of aliphatic imine (C=N–C) groups is 1. The van der Waals surface area contributed by atoms with Gasteiger partial charge in [-0.1, -0.05) is 11.5 Å². The number of methoxy groups -OCH3 is 4. The number of rotatable bonds is 14. The van der Waals surface area contributed by atoms with Gasteiger partial charge < -0.3 is 35.7 Å². The van der Waals surface area contributed by atoms with Gasteiger partial charge in [-0.3, -0.25) is 9.59 Å². The molecule has 1 atom stereocenters. The number of hydrogen-bond acceptors (Lipinski definition) is 10. The van der Waals surface area contributed by atoms with E-state index >= 15 is 0 Å². The van der Waals surface area contributed by atoms with Gasteiger partial charge in [0.2, 0.25) is 11.7 Å². The Kier molecular flexibility index (Phi) is 11.7. The van der Waals surface area contributed by atoms with E-state index in [0.717, 1.165) is 0 Å². The van der Waals surface area contributed by atoms with E-state index in [9.17, 15) is 19.7 Å². The summed E-state index contributed by atoms with van der Waals surface area (Å²) in [6, 6.07) is 7.31. The Morgan fingerprint density at radius 2 is 1.68 bits per heavy atom. The molecule has 0 saturated heterocycles. The Morgan fingerprint density at radius 3 is 2.23 bits per heavy atom. The molecule has 0 aliphatic heterocycles. The van der Waals surface area contributed by atoms with Crippen molar-refractivity contribution in [3.8, 4) is 23.0 Å². The molecular formula is C26H34N6O8. The van der Waals surface area contributed by atoms with Crippen LogP contribution >= 0.6 is 0 Å². The fourth-order valence-electron chi connectivity index (χ4n) is 3.66. The van der Waals surface area contributed by atoms with Crippen LogP contribution in [-0.4, -0.2) is 63.7 Å². The molecule has 0 heterocycles. The molecule has 2 aromatic rings. The highest BCUT2D eigenvalue weighted by molar-refractivity contribution is 6.11. The van der Waals surface area contributed by atoms with Gasteiger partial charge in [0, 0.05) is 12.1 Å². The number of benzene rings is 2. The second kappa shape index (κ2) is 14.9.